The highest BCUT2D eigenvalue weighted by atomic mass is 16.5. The van der Waals surface area contributed by atoms with Crippen LogP contribution in [0.15, 0.2) is 30.6 Å². The standard InChI is InChI=1S/C16H21N3O/c1-11-9-19(10-16(2,3)20-11)15-5-4-14(17)12-6-7-18-8-13(12)15/h4-8,11H,9-10,17H2,1-3H3. The lowest BCUT2D eigenvalue weighted by Gasteiger charge is -2.43. The monoisotopic (exact) mass is 271 g/mol. The van der Waals surface area contributed by atoms with Gasteiger partial charge >= 0.3 is 0 Å². The average Bonchev–Trinajstić information content (AvgIpc) is 2.37. The van der Waals surface area contributed by atoms with Crippen LogP contribution in [0.5, 0.6) is 0 Å². The molecule has 106 valence electrons. The van der Waals surface area contributed by atoms with E-state index < -0.39 is 0 Å². The van der Waals surface area contributed by atoms with Crippen molar-refractivity contribution in [2.45, 2.75) is 32.5 Å². The summed E-state index contributed by atoms with van der Waals surface area (Å²) in [7, 11) is 0. The zero-order valence-corrected chi connectivity index (χ0v) is 12.3. The summed E-state index contributed by atoms with van der Waals surface area (Å²) < 4.78 is 5.98. The summed E-state index contributed by atoms with van der Waals surface area (Å²) in [4.78, 5) is 6.62. The second-order valence-corrected chi connectivity index (χ2v) is 6.16. The molecule has 0 amide bonds. The van der Waals surface area contributed by atoms with Crippen molar-refractivity contribution in [3.63, 3.8) is 0 Å². The maximum absolute atomic E-state index is 6.06. The number of nitrogens with zero attached hydrogens (tertiary/aromatic N) is 2. The first-order chi connectivity index (χ1) is 9.46. The number of anilines is 2. The first kappa shape index (κ1) is 13.2. The van der Waals surface area contributed by atoms with Crippen LogP contribution in [0.2, 0.25) is 0 Å². The number of nitrogens with two attached hydrogens (primary N) is 1. The number of ether oxygens (including phenoxy) is 1. The third kappa shape index (κ3) is 2.31. The second-order valence-electron chi connectivity index (χ2n) is 6.16. The zero-order chi connectivity index (χ0) is 14.3. The molecule has 2 N–H and O–H groups in total. The molecule has 3 rings (SSSR count). The van der Waals surface area contributed by atoms with Gasteiger partial charge in [-0.15, -0.1) is 0 Å². The van der Waals surface area contributed by atoms with Crippen molar-refractivity contribution in [1.82, 2.24) is 4.98 Å². The van der Waals surface area contributed by atoms with E-state index in [0.29, 0.717) is 0 Å². The molecule has 0 saturated carbocycles. The van der Waals surface area contributed by atoms with E-state index in [1.807, 2.05) is 18.3 Å². The minimum absolute atomic E-state index is 0.145. The smallest absolute Gasteiger partial charge is 0.0805 e. The van der Waals surface area contributed by atoms with Gasteiger partial charge in [0.05, 0.1) is 11.7 Å². The molecule has 0 radical (unpaired) electrons. The van der Waals surface area contributed by atoms with E-state index in [1.54, 1.807) is 6.20 Å². The van der Waals surface area contributed by atoms with Crippen LogP contribution in [-0.4, -0.2) is 29.8 Å². The highest BCUT2D eigenvalue weighted by molar-refractivity contribution is 6.00. The molecule has 1 fully saturated rings. The number of fused-ring (bicyclic) bond motifs is 1. The molecule has 2 aromatic rings. The number of nitrogen functional groups attached to an aromatic ring is 1. The average molecular weight is 271 g/mol. The van der Waals surface area contributed by atoms with Gasteiger partial charge in [-0.3, -0.25) is 4.98 Å². The Hall–Kier alpha value is -1.81. The van der Waals surface area contributed by atoms with Crippen LogP contribution in [0.3, 0.4) is 0 Å². The Morgan fingerprint density at radius 1 is 1.30 bits per heavy atom. The molecule has 4 nitrogen and oxygen atoms in total. The van der Waals surface area contributed by atoms with Crippen molar-refractivity contribution in [3.05, 3.63) is 30.6 Å². The Kier molecular flexibility index (Phi) is 3.05. The molecule has 1 unspecified atom stereocenters. The quantitative estimate of drug-likeness (QED) is 0.810. The van der Waals surface area contributed by atoms with Gasteiger partial charge < -0.3 is 15.4 Å². The van der Waals surface area contributed by atoms with Gasteiger partial charge in [-0.25, -0.2) is 0 Å². The molecule has 0 aliphatic carbocycles. The number of pyridine rings is 1. The van der Waals surface area contributed by atoms with E-state index in [0.717, 1.165) is 29.5 Å². The Labute approximate surface area is 119 Å². The summed E-state index contributed by atoms with van der Waals surface area (Å²) in [6.45, 7) is 8.13. The number of rotatable bonds is 1. The van der Waals surface area contributed by atoms with Crippen molar-refractivity contribution in [2.24, 2.45) is 0 Å². The van der Waals surface area contributed by atoms with E-state index in [4.69, 9.17) is 10.5 Å². The fraction of sp³-hybridized carbons (Fsp3) is 0.438. The first-order valence-corrected chi connectivity index (χ1v) is 7.01. The molecule has 1 saturated heterocycles. The summed E-state index contributed by atoms with van der Waals surface area (Å²) in [5, 5.41) is 2.17. The largest absolute Gasteiger partial charge is 0.398 e. The molecule has 0 bridgehead atoms. The van der Waals surface area contributed by atoms with Gasteiger partial charge in [0.1, 0.15) is 0 Å². The van der Waals surface area contributed by atoms with Gasteiger partial charge in [-0.2, -0.15) is 0 Å². The summed E-state index contributed by atoms with van der Waals surface area (Å²) >= 11 is 0. The second kappa shape index (κ2) is 4.63. The Bertz CT molecular complexity index is 639. The predicted octanol–water partition coefficient (Wildman–Crippen LogP) is 2.82. The van der Waals surface area contributed by atoms with Crippen molar-refractivity contribution in [1.29, 1.82) is 0 Å². The molecule has 1 aromatic carbocycles. The lowest BCUT2D eigenvalue weighted by molar-refractivity contribution is -0.0749. The lowest BCUT2D eigenvalue weighted by Crippen LogP contribution is -2.52. The molecule has 1 atom stereocenters. The summed E-state index contributed by atoms with van der Waals surface area (Å²) in [5.74, 6) is 0. The molecule has 2 heterocycles. The third-order valence-corrected chi connectivity index (χ3v) is 3.74. The highest BCUT2D eigenvalue weighted by Gasteiger charge is 2.32. The van der Waals surface area contributed by atoms with Gasteiger partial charge in [-0.05, 0) is 39.0 Å². The van der Waals surface area contributed by atoms with Crippen LogP contribution in [0.25, 0.3) is 10.8 Å². The third-order valence-electron chi connectivity index (χ3n) is 3.74. The molecule has 20 heavy (non-hydrogen) atoms. The number of aromatic nitrogens is 1. The van der Waals surface area contributed by atoms with Crippen LogP contribution in [0.1, 0.15) is 20.8 Å². The molecular weight excluding hydrogens is 250 g/mol. The summed E-state index contributed by atoms with van der Waals surface area (Å²) in [6, 6.07) is 6.04. The van der Waals surface area contributed by atoms with Crippen LogP contribution >= 0.6 is 0 Å². The van der Waals surface area contributed by atoms with Crippen LogP contribution in [-0.2, 0) is 4.74 Å². The zero-order valence-electron chi connectivity index (χ0n) is 12.3. The molecule has 1 aliphatic rings. The molecule has 1 aliphatic heterocycles. The van der Waals surface area contributed by atoms with Gasteiger partial charge in [0, 0.05) is 47.6 Å². The fourth-order valence-electron chi connectivity index (χ4n) is 3.11. The molecule has 4 heteroatoms. The van der Waals surface area contributed by atoms with Gasteiger partial charge in [0.2, 0.25) is 0 Å². The summed E-state index contributed by atoms with van der Waals surface area (Å²) in [6.07, 6.45) is 3.89. The van der Waals surface area contributed by atoms with E-state index in [2.05, 4.69) is 36.7 Å². The maximum Gasteiger partial charge on any atom is 0.0805 e. The highest BCUT2D eigenvalue weighted by Crippen LogP contribution is 2.33. The fourth-order valence-corrected chi connectivity index (χ4v) is 3.11. The number of hydrogen-bond acceptors (Lipinski definition) is 4. The van der Waals surface area contributed by atoms with Crippen molar-refractivity contribution < 1.29 is 4.74 Å². The number of hydrogen-bond donors (Lipinski definition) is 1. The normalized spacial score (nSPS) is 22.1. The van der Waals surface area contributed by atoms with Crippen LogP contribution in [0.4, 0.5) is 11.4 Å². The Morgan fingerprint density at radius 2 is 2.10 bits per heavy atom. The predicted molar refractivity (Wildman–Crippen MR) is 83.0 cm³/mol. The first-order valence-electron chi connectivity index (χ1n) is 7.01. The minimum Gasteiger partial charge on any atom is -0.398 e. The summed E-state index contributed by atoms with van der Waals surface area (Å²) in [5.41, 5.74) is 7.90. The van der Waals surface area contributed by atoms with Crippen molar-refractivity contribution in [3.8, 4) is 0 Å². The Balaban J connectivity index is 2.08. The molecule has 1 aromatic heterocycles. The van der Waals surface area contributed by atoms with Gasteiger partial charge in [0.25, 0.3) is 0 Å². The SMILES string of the molecule is CC1CN(c2ccc(N)c3ccncc23)CC(C)(C)O1. The van der Waals surface area contributed by atoms with Crippen LogP contribution in [0, 0.1) is 0 Å². The van der Waals surface area contributed by atoms with E-state index in [1.165, 1.54) is 5.69 Å². The van der Waals surface area contributed by atoms with E-state index in [9.17, 15) is 0 Å². The van der Waals surface area contributed by atoms with Crippen molar-refractivity contribution in [2.75, 3.05) is 23.7 Å². The van der Waals surface area contributed by atoms with Gasteiger partial charge in [0.15, 0.2) is 0 Å². The van der Waals surface area contributed by atoms with Crippen molar-refractivity contribution >= 4 is 22.1 Å². The number of benzene rings is 1. The van der Waals surface area contributed by atoms with Gasteiger partial charge in [-0.1, -0.05) is 0 Å². The number of morpholine rings is 1. The maximum atomic E-state index is 6.06. The van der Waals surface area contributed by atoms with Crippen LogP contribution < -0.4 is 10.6 Å². The molecular formula is C16H21N3O. The topological polar surface area (TPSA) is 51.4 Å². The van der Waals surface area contributed by atoms with E-state index in [-0.39, 0.29) is 11.7 Å². The minimum atomic E-state index is -0.145. The lowest BCUT2D eigenvalue weighted by atomic mass is 10.0. The molecule has 0 spiro atoms. The van der Waals surface area contributed by atoms with E-state index >= 15 is 0 Å². The Morgan fingerprint density at radius 3 is 2.85 bits per heavy atom.